The van der Waals surface area contributed by atoms with Gasteiger partial charge in [-0.2, -0.15) is 5.10 Å². The largest absolute Gasteiger partial charge is 0.282 e. The van der Waals surface area contributed by atoms with Gasteiger partial charge >= 0.3 is 0 Å². The minimum absolute atomic E-state index is 0.248. The van der Waals surface area contributed by atoms with Crippen LogP contribution in [0.1, 0.15) is 30.1 Å². The van der Waals surface area contributed by atoms with Crippen LogP contribution in [0.15, 0.2) is 18.6 Å². The van der Waals surface area contributed by atoms with Crippen LogP contribution in [0.5, 0.6) is 0 Å². The highest BCUT2D eigenvalue weighted by Crippen LogP contribution is 2.29. The first-order valence-electron chi connectivity index (χ1n) is 7.22. The Morgan fingerprint density at radius 3 is 2.55 bits per heavy atom. The van der Waals surface area contributed by atoms with E-state index in [2.05, 4.69) is 15.2 Å². The van der Waals surface area contributed by atoms with Gasteiger partial charge in [0.15, 0.2) is 0 Å². The summed E-state index contributed by atoms with van der Waals surface area (Å²) >= 11 is 0. The Kier molecular flexibility index (Phi) is 3.96. The Morgan fingerprint density at radius 1 is 1.23 bits per heavy atom. The number of aryl methyl sites for hydroxylation is 1. The fourth-order valence-electron chi connectivity index (χ4n) is 2.80. The average Bonchev–Trinajstić information content (AvgIpc) is 2.93. The summed E-state index contributed by atoms with van der Waals surface area (Å²) in [6.07, 6.45) is 8.06. The Hall–Kier alpha value is -1.80. The number of hydrogen-bond donors (Lipinski definition) is 1. The molecule has 118 valence electrons. The molecular weight excluding hydrogens is 302 g/mol. The van der Waals surface area contributed by atoms with Crippen molar-refractivity contribution in [2.75, 3.05) is 19.3 Å². The zero-order valence-corrected chi connectivity index (χ0v) is 13.5. The summed E-state index contributed by atoms with van der Waals surface area (Å²) in [6, 6.07) is 0. The maximum absolute atomic E-state index is 11.6. The molecule has 3 heterocycles. The van der Waals surface area contributed by atoms with Crippen LogP contribution in [0.3, 0.4) is 0 Å². The lowest BCUT2D eigenvalue weighted by atomic mass is 9.95. The Morgan fingerprint density at radius 2 is 1.95 bits per heavy atom. The minimum atomic E-state index is -3.10. The molecule has 1 saturated heterocycles. The molecule has 1 aliphatic heterocycles. The van der Waals surface area contributed by atoms with E-state index in [4.69, 9.17) is 4.98 Å². The van der Waals surface area contributed by atoms with Crippen LogP contribution in [0.2, 0.25) is 0 Å². The van der Waals surface area contributed by atoms with Gasteiger partial charge in [0, 0.05) is 36.5 Å². The van der Waals surface area contributed by atoms with E-state index in [0.717, 1.165) is 35.5 Å². The van der Waals surface area contributed by atoms with Gasteiger partial charge in [0.05, 0.1) is 30.0 Å². The van der Waals surface area contributed by atoms with E-state index < -0.39 is 10.0 Å². The predicted octanol–water partition coefficient (Wildman–Crippen LogP) is 1.31. The third kappa shape index (κ3) is 3.02. The van der Waals surface area contributed by atoms with E-state index in [9.17, 15) is 8.42 Å². The van der Waals surface area contributed by atoms with Crippen molar-refractivity contribution in [1.82, 2.24) is 24.5 Å². The summed E-state index contributed by atoms with van der Waals surface area (Å²) in [5.74, 6) is 0.248. The zero-order valence-electron chi connectivity index (χ0n) is 12.7. The highest BCUT2D eigenvalue weighted by Gasteiger charge is 2.26. The van der Waals surface area contributed by atoms with Crippen LogP contribution < -0.4 is 0 Å². The molecule has 3 rings (SSSR count). The second-order valence-electron chi connectivity index (χ2n) is 5.67. The molecule has 2 aromatic rings. The first kappa shape index (κ1) is 15.1. The third-order valence-corrected chi connectivity index (χ3v) is 5.40. The number of aromatic nitrogens is 4. The molecular formula is C14H19N5O2S. The summed E-state index contributed by atoms with van der Waals surface area (Å²) in [7, 11) is -3.10. The number of rotatable bonds is 3. The van der Waals surface area contributed by atoms with Crippen molar-refractivity contribution in [2.24, 2.45) is 0 Å². The molecule has 0 radical (unpaired) electrons. The van der Waals surface area contributed by atoms with E-state index in [1.165, 1.54) is 10.6 Å². The Balaban J connectivity index is 1.78. The van der Waals surface area contributed by atoms with Crippen molar-refractivity contribution >= 4 is 10.0 Å². The minimum Gasteiger partial charge on any atom is -0.282 e. The molecule has 8 heteroatoms. The van der Waals surface area contributed by atoms with Gasteiger partial charge in [-0.15, -0.1) is 0 Å². The molecule has 0 amide bonds. The highest BCUT2D eigenvalue weighted by atomic mass is 32.2. The van der Waals surface area contributed by atoms with Crippen LogP contribution in [-0.2, 0) is 10.0 Å². The normalized spacial score (nSPS) is 17.7. The fourth-order valence-corrected chi connectivity index (χ4v) is 3.67. The van der Waals surface area contributed by atoms with Crippen LogP contribution >= 0.6 is 0 Å². The van der Waals surface area contributed by atoms with Crippen LogP contribution in [0.4, 0.5) is 0 Å². The van der Waals surface area contributed by atoms with E-state index in [-0.39, 0.29) is 5.92 Å². The van der Waals surface area contributed by atoms with Crippen LogP contribution in [0.25, 0.3) is 11.3 Å². The van der Waals surface area contributed by atoms with Crippen molar-refractivity contribution in [1.29, 1.82) is 0 Å². The fraction of sp³-hybridized carbons (Fsp3) is 0.500. The summed E-state index contributed by atoms with van der Waals surface area (Å²) in [5, 5.41) is 6.91. The number of nitrogens with zero attached hydrogens (tertiary/aromatic N) is 4. The molecule has 0 unspecified atom stereocenters. The number of hydrogen-bond acceptors (Lipinski definition) is 5. The number of sulfonamides is 1. The van der Waals surface area contributed by atoms with Gasteiger partial charge in [-0.3, -0.25) is 10.1 Å². The summed E-state index contributed by atoms with van der Waals surface area (Å²) in [5.41, 5.74) is 3.63. The molecule has 1 aliphatic rings. The maximum Gasteiger partial charge on any atom is 0.211 e. The lowest BCUT2D eigenvalue weighted by Crippen LogP contribution is -2.37. The van der Waals surface area contributed by atoms with E-state index in [1.807, 2.05) is 6.92 Å². The van der Waals surface area contributed by atoms with Gasteiger partial charge in [0.2, 0.25) is 10.0 Å². The second-order valence-corrected chi connectivity index (χ2v) is 7.66. The highest BCUT2D eigenvalue weighted by molar-refractivity contribution is 7.88. The van der Waals surface area contributed by atoms with Crippen LogP contribution in [0, 0.1) is 6.92 Å². The van der Waals surface area contributed by atoms with Crippen molar-refractivity contribution < 1.29 is 8.42 Å². The number of piperidine rings is 1. The Bertz CT molecular complexity index is 763. The third-order valence-electron chi connectivity index (χ3n) is 4.10. The molecule has 22 heavy (non-hydrogen) atoms. The standard InChI is InChI=1S/C14H19N5O2S/c1-10-12(7-16-18-10)14-9-15-8-13(17-14)11-3-5-19(6-4-11)22(2,20)21/h7-9,11H,3-6H2,1-2H3,(H,16,18). The molecule has 1 fully saturated rings. The van der Waals surface area contributed by atoms with Crippen molar-refractivity contribution in [3.63, 3.8) is 0 Å². The number of aromatic amines is 1. The van der Waals surface area contributed by atoms with Gasteiger partial charge in [0.25, 0.3) is 0 Å². The zero-order chi connectivity index (χ0) is 15.7. The molecule has 7 nitrogen and oxygen atoms in total. The number of nitrogens with one attached hydrogen (secondary N) is 1. The van der Waals surface area contributed by atoms with Gasteiger partial charge in [-0.1, -0.05) is 0 Å². The quantitative estimate of drug-likeness (QED) is 0.920. The van der Waals surface area contributed by atoms with E-state index in [1.54, 1.807) is 18.6 Å². The second kappa shape index (κ2) is 5.77. The predicted molar refractivity (Wildman–Crippen MR) is 82.7 cm³/mol. The molecule has 0 aromatic carbocycles. The van der Waals surface area contributed by atoms with Crippen LogP contribution in [-0.4, -0.2) is 52.2 Å². The summed E-state index contributed by atoms with van der Waals surface area (Å²) in [4.78, 5) is 8.99. The van der Waals surface area contributed by atoms with Crippen molar-refractivity contribution in [2.45, 2.75) is 25.7 Å². The van der Waals surface area contributed by atoms with E-state index in [0.29, 0.717) is 13.1 Å². The summed E-state index contributed by atoms with van der Waals surface area (Å²) in [6.45, 7) is 3.03. The van der Waals surface area contributed by atoms with Gasteiger partial charge in [-0.05, 0) is 19.8 Å². The Labute approximate surface area is 129 Å². The van der Waals surface area contributed by atoms with Gasteiger partial charge < -0.3 is 0 Å². The first-order chi connectivity index (χ1) is 10.4. The topological polar surface area (TPSA) is 91.8 Å². The summed E-state index contributed by atoms with van der Waals surface area (Å²) < 4.78 is 24.7. The monoisotopic (exact) mass is 321 g/mol. The molecule has 1 N–H and O–H groups in total. The van der Waals surface area contributed by atoms with Crippen molar-refractivity contribution in [3.8, 4) is 11.3 Å². The SMILES string of the molecule is Cc1[nH]ncc1-c1cncc(C2CCN(S(C)(=O)=O)CC2)n1. The van der Waals surface area contributed by atoms with Crippen molar-refractivity contribution in [3.05, 3.63) is 30.0 Å². The molecule has 0 aliphatic carbocycles. The molecule has 0 atom stereocenters. The lowest BCUT2D eigenvalue weighted by molar-refractivity contribution is 0.318. The molecule has 0 bridgehead atoms. The molecule has 0 saturated carbocycles. The molecule has 2 aromatic heterocycles. The smallest absolute Gasteiger partial charge is 0.211 e. The van der Waals surface area contributed by atoms with Gasteiger partial charge in [0.1, 0.15) is 0 Å². The average molecular weight is 321 g/mol. The number of H-pyrrole nitrogens is 1. The van der Waals surface area contributed by atoms with E-state index >= 15 is 0 Å². The lowest BCUT2D eigenvalue weighted by Gasteiger charge is -2.29. The van der Waals surface area contributed by atoms with Gasteiger partial charge in [-0.25, -0.2) is 17.7 Å². The molecule has 0 spiro atoms. The maximum atomic E-state index is 11.6. The first-order valence-corrected chi connectivity index (χ1v) is 9.07.